The molecule has 0 atom stereocenters. The highest BCUT2D eigenvalue weighted by molar-refractivity contribution is 5.89. The maximum atomic E-state index is 12.4. The molecule has 1 fully saturated rings. The lowest BCUT2D eigenvalue weighted by molar-refractivity contribution is -0.131. The molecule has 2 aromatic carbocycles. The summed E-state index contributed by atoms with van der Waals surface area (Å²) in [6, 6.07) is 16.6. The van der Waals surface area contributed by atoms with Gasteiger partial charge in [0.2, 0.25) is 5.91 Å². The van der Waals surface area contributed by atoms with Crippen molar-refractivity contribution in [2.45, 2.75) is 25.3 Å². The Morgan fingerprint density at radius 2 is 1.63 bits per heavy atom. The maximum absolute atomic E-state index is 12.4. The van der Waals surface area contributed by atoms with Gasteiger partial charge in [-0.1, -0.05) is 30.3 Å². The zero-order valence-corrected chi connectivity index (χ0v) is 15.9. The number of piperidine rings is 1. The van der Waals surface area contributed by atoms with E-state index in [2.05, 4.69) is 10.6 Å². The normalized spacial score (nSPS) is 14.1. The number of urea groups is 1. The van der Waals surface area contributed by atoms with Crippen LogP contribution >= 0.6 is 12.4 Å². The number of benzene rings is 2. The Morgan fingerprint density at radius 3 is 2.26 bits per heavy atom. The number of halogens is 1. The molecule has 1 heterocycles. The lowest BCUT2D eigenvalue weighted by atomic mass is 10.0. The number of anilines is 2. The van der Waals surface area contributed by atoms with Gasteiger partial charge in [-0.2, -0.15) is 0 Å². The van der Waals surface area contributed by atoms with Crippen LogP contribution in [0, 0.1) is 0 Å². The molecule has 1 aliphatic rings. The number of likely N-dealkylation sites (tertiary alicyclic amines) is 1. The van der Waals surface area contributed by atoms with Crippen molar-refractivity contribution >= 4 is 35.7 Å². The van der Waals surface area contributed by atoms with Gasteiger partial charge in [0.05, 0.1) is 6.42 Å². The maximum Gasteiger partial charge on any atom is 0.319 e. The third-order valence-corrected chi connectivity index (χ3v) is 4.55. The van der Waals surface area contributed by atoms with Crippen LogP contribution in [0.4, 0.5) is 16.2 Å². The Morgan fingerprint density at radius 1 is 1.00 bits per heavy atom. The number of carbonyl (C=O) groups is 2. The molecule has 0 unspecified atom stereocenters. The number of carbonyl (C=O) groups excluding carboxylic acids is 2. The quantitative estimate of drug-likeness (QED) is 0.703. The fourth-order valence-electron chi connectivity index (χ4n) is 3.07. The van der Waals surface area contributed by atoms with Crippen LogP contribution in [0.3, 0.4) is 0 Å². The highest BCUT2D eigenvalue weighted by Crippen LogP contribution is 2.14. The minimum absolute atomic E-state index is 0. The molecule has 2 aromatic rings. The first kappa shape index (κ1) is 20.6. The van der Waals surface area contributed by atoms with Crippen molar-refractivity contribution in [2.75, 3.05) is 24.1 Å². The summed E-state index contributed by atoms with van der Waals surface area (Å²) in [7, 11) is 0. The molecule has 0 spiro atoms. The summed E-state index contributed by atoms with van der Waals surface area (Å²) >= 11 is 0. The van der Waals surface area contributed by atoms with Crippen molar-refractivity contribution in [1.29, 1.82) is 0 Å². The van der Waals surface area contributed by atoms with E-state index in [0.717, 1.165) is 24.1 Å². The smallest absolute Gasteiger partial charge is 0.319 e. The first-order chi connectivity index (χ1) is 12.6. The van der Waals surface area contributed by atoms with Gasteiger partial charge in [0.1, 0.15) is 0 Å². The molecule has 27 heavy (non-hydrogen) atoms. The molecule has 0 radical (unpaired) electrons. The zero-order valence-electron chi connectivity index (χ0n) is 15.1. The van der Waals surface area contributed by atoms with E-state index in [1.54, 1.807) is 0 Å². The van der Waals surface area contributed by atoms with Crippen molar-refractivity contribution in [3.63, 3.8) is 0 Å². The van der Waals surface area contributed by atoms with Crippen LogP contribution < -0.4 is 16.4 Å². The topological polar surface area (TPSA) is 87.5 Å². The molecule has 7 heteroatoms. The fraction of sp³-hybridized carbons (Fsp3) is 0.300. The predicted molar refractivity (Wildman–Crippen MR) is 110 cm³/mol. The number of nitrogen functional groups attached to an aromatic ring is 1. The van der Waals surface area contributed by atoms with Gasteiger partial charge in [0.25, 0.3) is 0 Å². The lowest BCUT2D eigenvalue weighted by Gasteiger charge is -2.32. The van der Waals surface area contributed by atoms with Crippen molar-refractivity contribution in [3.05, 3.63) is 60.2 Å². The van der Waals surface area contributed by atoms with E-state index >= 15 is 0 Å². The van der Waals surface area contributed by atoms with E-state index in [-0.39, 0.29) is 30.4 Å². The largest absolute Gasteiger partial charge is 0.399 e. The third-order valence-electron chi connectivity index (χ3n) is 4.55. The van der Waals surface area contributed by atoms with Gasteiger partial charge < -0.3 is 21.3 Å². The lowest BCUT2D eigenvalue weighted by Crippen LogP contribution is -2.47. The van der Waals surface area contributed by atoms with E-state index in [0.29, 0.717) is 25.2 Å². The number of nitrogens with zero attached hydrogens (tertiary/aromatic N) is 1. The summed E-state index contributed by atoms with van der Waals surface area (Å²) in [5.41, 5.74) is 8.09. The van der Waals surface area contributed by atoms with Gasteiger partial charge in [0.15, 0.2) is 0 Å². The van der Waals surface area contributed by atoms with E-state index < -0.39 is 0 Å². The van der Waals surface area contributed by atoms with Crippen molar-refractivity contribution in [1.82, 2.24) is 10.2 Å². The number of para-hydroxylation sites is 1. The number of nitrogens with two attached hydrogens (primary N) is 1. The average molecular weight is 389 g/mol. The monoisotopic (exact) mass is 388 g/mol. The van der Waals surface area contributed by atoms with Crippen molar-refractivity contribution in [2.24, 2.45) is 0 Å². The number of hydrogen-bond acceptors (Lipinski definition) is 3. The van der Waals surface area contributed by atoms with Gasteiger partial charge in [-0.3, -0.25) is 4.79 Å². The molecule has 0 saturated carbocycles. The molecule has 0 aromatic heterocycles. The summed E-state index contributed by atoms with van der Waals surface area (Å²) in [5.74, 6) is 0.113. The van der Waals surface area contributed by atoms with E-state index in [9.17, 15) is 9.59 Å². The minimum atomic E-state index is -0.206. The Bertz CT molecular complexity index is 744. The molecular weight excluding hydrogens is 364 g/mol. The molecule has 1 aliphatic heterocycles. The van der Waals surface area contributed by atoms with Crippen LogP contribution in [0.5, 0.6) is 0 Å². The summed E-state index contributed by atoms with van der Waals surface area (Å²) in [6.07, 6.45) is 1.90. The second-order valence-electron chi connectivity index (χ2n) is 6.54. The standard InChI is InChI=1S/C20H24N4O2.ClH/c21-16-8-6-15(7-9-16)14-19(25)24-12-10-18(11-13-24)23-20(26)22-17-4-2-1-3-5-17;/h1-9,18H,10-14,21H2,(H2,22,23,26);1H. The van der Waals surface area contributed by atoms with Crippen LogP contribution in [0.25, 0.3) is 0 Å². The average Bonchev–Trinajstić information content (AvgIpc) is 2.65. The number of rotatable bonds is 4. The Hall–Kier alpha value is -2.73. The zero-order chi connectivity index (χ0) is 18.4. The Kier molecular flexibility index (Phi) is 7.49. The van der Waals surface area contributed by atoms with Crippen molar-refractivity contribution < 1.29 is 9.59 Å². The number of hydrogen-bond donors (Lipinski definition) is 3. The molecule has 6 nitrogen and oxygen atoms in total. The third kappa shape index (κ3) is 6.18. The van der Waals surface area contributed by atoms with Gasteiger partial charge in [-0.15, -0.1) is 12.4 Å². The van der Waals surface area contributed by atoms with Gasteiger partial charge in [-0.05, 0) is 42.7 Å². The summed E-state index contributed by atoms with van der Waals surface area (Å²) in [6.45, 7) is 1.31. The van der Waals surface area contributed by atoms with E-state index in [1.165, 1.54) is 0 Å². The number of amides is 3. The van der Waals surface area contributed by atoms with E-state index in [1.807, 2.05) is 59.5 Å². The highest BCUT2D eigenvalue weighted by atomic mass is 35.5. The molecule has 0 aliphatic carbocycles. The summed E-state index contributed by atoms with van der Waals surface area (Å²) in [5, 5.41) is 5.80. The first-order valence-electron chi connectivity index (χ1n) is 8.85. The van der Waals surface area contributed by atoms with Gasteiger partial charge in [0, 0.05) is 30.5 Å². The molecule has 0 bridgehead atoms. The Balaban J connectivity index is 0.00000261. The SMILES string of the molecule is Cl.Nc1ccc(CC(=O)N2CCC(NC(=O)Nc3ccccc3)CC2)cc1. The summed E-state index contributed by atoms with van der Waals surface area (Å²) < 4.78 is 0. The van der Waals surface area contributed by atoms with Crippen LogP contribution in [-0.4, -0.2) is 36.0 Å². The molecule has 3 rings (SSSR count). The van der Waals surface area contributed by atoms with Crippen LogP contribution in [0.15, 0.2) is 54.6 Å². The van der Waals surface area contributed by atoms with Crippen LogP contribution in [0.2, 0.25) is 0 Å². The predicted octanol–water partition coefficient (Wildman–Crippen LogP) is 3.05. The van der Waals surface area contributed by atoms with E-state index in [4.69, 9.17) is 5.73 Å². The molecule has 3 amide bonds. The second kappa shape index (κ2) is 9.83. The highest BCUT2D eigenvalue weighted by Gasteiger charge is 2.23. The summed E-state index contributed by atoms with van der Waals surface area (Å²) in [4.78, 5) is 26.3. The molecule has 144 valence electrons. The first-order valence-corrected chi connectivity index (χ1v) is 8.85. The van der Waals surface area contributed by atoms with Crippen LogP contribution in [-0.2, 0) is 11.2 Å². The van der Waals surface area contributed by atoms with Gasteiger partial charge >= 0.3 is 6.03 Å². The van der Waals surface area contributed by atoms with Gasteiger partial charge in [-0.25, -0.2) is 4.79 Å². The molecule has 1 saturated heterocycles. The second-order valence-corrected chi connectivity index (χ2v) is 6.54. The number of nitrogens with one attached hydrogen (secondary N) is 2. The van der Waals surface area contributed by atoms with Crippen molar-refractivity contribution in [3.8, 4) is 0 Å². The van der Waals surface area contributed by atoms with Crippen LogP contribution in [0.1, 0.15) is 18.4 Å². The Labute approximate surface area is 165 Å². The minimum Gasteiger partial charge on any atom is -0.399 e. The molecule has 4 N–H and O–H groups in total. The molecular formula is C20H25ClN4O2. The fourth-order valence-corrected chi connectivity index (χ4v) is 3.07.